The van der Waals surface area contributed by atoms with E-state index in [4.69, 9.17) is 10.2 Å². The maximum absolute atomic E-state index is 11.3. The second-order valence-electron chi connectivity index (χ2n) is 3.59. The number of aliphatic hydroxyl groups is 1. The van der Waals surface area contributed by atoms with Gasteiger partial charge >= 0.3 is 12.0 Å². The zero-order chi connectivity index (χ0) is 14.3. The van der Waals surface area contributed by atoms with E-state index in [0.717, 1.165) is 4.31 Å². The Balaban J connectivity index is 3.89. The number of aliphatic carboxylic acids is 1. The molecule has 9 nitrogen and oxygen atoms in total. The lowest BCUT2D eigenvalue weighted by Crippen LogP contribution is -2.43. The molecule has 0 aromatic carbocycles. The number of carboxylic acids is 1. The lowest BCUT2D eigenvalue weighted by Gasteiger charge is -2.12. The van der Waals surface area contributed by atoms with Crippen LogP contribution < -0.4 is 10.6 Å². The Bertz CT molecular complexity index is 394. The lowest BCUT2D eigenvalue weighted by molar-refractivity contribution is -0.146. The van der Waals surface area contributed by atoms with Crippen molar-refractivity contribution in [1.82, 2.24) is 14.9 Å². The van der Waals surface area contributed by atoms with Gasteiger partial charge in [-0.25, -0.2) is 22.3 Å². The van der Waals surface area contributed by atoms with Crippen LogP contribution >= 0.6 is 0 Å². The maximum atomic E-state index is 11.3. The summed E-state index contributed by atoms with van der Waals surface area (Å²) < 4.78 is 23.6. The summed E-state index contributed by atoms with van der Waals surface area (Å²) in [6.07, 6.45) is -1.69. The molecule has 0 rings (SSSR count). The van der Waals surface area contributed by atoms with Crippen LogP contribution in [0.2, 0.25) is 0 Å². The number of hydrogen-bond donors (Lipinski definition) is 4. The third-order valence-corrected chi connectivity index (χ3v) is 3.78. The molecular weight excluding hydrogens is 266 g/mol. The largest absolute Gasteiger partial charge is 0.479 e. The number of nitrogens with one attached hydrogen (secondary N) is 2. The van der Waals surface area contributed by atoms with Crippen LogP contribution in [0.25, 0.3) is 0 Å². The Kier molecular flexibility index (Phi) is 6.58. The van der Waals surface area contributed by atoms with Crippen LogP contribution in [-0.2, 0) is 14.8 Å². The molecule has 10 heteroatoms. The molecule has 0 heterocycles. The number of carbonyl (C=O) groups excluding carboxylic acids is 1. The van der Waals surface area contributed by atoms with Gasteiger partial charge in [0, 0.05) is 20.6 Å². The standard InChI is InChI=1S/C8H17N3O6S/c1-11(2)18(16,17)4-3-9-8(15)10-5-6(12)7(13)14/h6,12H,3-5H2,1-2H3,(H,13,14)(H2,9,10,15)/t6-/m0/s1. The number of sulfonamides is 1. The first kappa shape index (κ1) is 16.6. The molecule has 106 valence electrons. The molecule has 0 spiro atoms. The summed E-state index contributed by atoms with van der Waals surface area (Å²) in [6.45, 7) is -0.572. The van der Waals surface area contributed by atoms with Gasteiger partial charge in [-0.3, -0.25) is 0 Å². The number of hydrogen-bond acceptors (Lipinski definition) is 5. The minimum Gasteiger partial charge on any atom is -0.479 e. The lowest BCUT2D eigenvalue weighted by atomic mass is 10.4. The quantitative estimate of drug-likeness (QED) is 0.412. The molecule has 4 N–H and O–H groups in total. The Morgan fingerprint density at radius 2 is 1.83 bits per heavy atom. The molecule has 0 aromatic heterocycles. The number of amides is 2. The molecule has 0 saturated heterocycles. The molecule has 2 amide bonds. The Hall–Kier alpha value is -1.39. The van der Waals surface area contributed by atoms with Gasteiger partial charge in [-0.1, -0.05) is 0 Å². The molecule has 0 saturated carbocycles. The Labute approximate surface area is 105 Å². The second kappa shape index (κ2) is 7.13. The number of urea groups is 1. The van der Waals surface area contributed by atoms with Crippen LogP contribution in [0.5, 0.6) is 0 Å². The Morgan fingerprint density at radius 1 is 1.28 bits per heavy atom. The van der Waals surface area contributed by atoms with Crippen molar-refractivity contribution < 1.29 is 28.2 Å². The Morgan fingerprint density at radius 3 is 2.28 bits per heavy atom. The molecule has 0 radical (unpaired) electrons. The third kappa shape index (κ3) is 6.37. The third-order valence-electron chi connectivity index (χ3n) is 1.94. The van der Waals surface area contributed by atoms with Gasteiger partial charge < -0.3 is 20.8 Å². The second-order valence-corrected chi connectivity index (χ2v) is 5.89. The first-order chi connectivity index (χ1) is 8.16. The molecule has 0 aliphatic heterocycles. The monoisotopic (exact) mass is 283 g/mol. The highest BCUT2D eigenvalue weighted by atomic mass is 32.2. The van der Waals surface area contributed by atoms with Gasteiger partial charge in [0.1, 0.15) is 0 Å². The summed E-state index contributed by atoms with van der Waals surface area (Å²) >= 11 is 0. The molecule has 0 fully saturated rings. The normalized spacial score (nSPS) is 13.1. The predicted molar refractivity (Wildman–Crippen MR) is 62.5 cm³/mol. The fraction of sp³-hybridized carbons (Fsp3) is 0.750. The highest BCUT2D eigenvalue weighted by Crippen LogP contribution is 1.91. The average molecular weight is 283 g/mol. The zero-order valence-corrected chi connectivity index (χ0v) is 10.9. The maximum Gasteiger partial charge on any atom is 0.334 e. The van der Waals surface area contributed by atoms with Crippen molar-refractivity contribution in [3.05, 3.63) is 0 Å². The van der Waals surface area contributed by atoms with E-state index in [1.54, 1.807) is 0 Å². The van der Waals surface area contributed by atoms with E-state index in [0.29, 0.717) is 0 Å². The van der Waals surface area contributed by atoms with Gasteiger partial charge in [0.15, 0.2) is 6.10 Å². The van der Waals surface area contributed by atoms with Crippen LogP contribution in [0.1, 0.15) is 0 Å². The summed E-state index contributed by atoms with van der Waals surface area (Å²) in [5.41, 5.74) is 0. The van der Waals surface area contributed by atoms with E-state index >= 15 is 0 Å². The molecule has 18 heavy (non-hydrogen) atoms. The van der Waals surface area contributed by atoms with Gasteiger partial charge in [0.2, 0.25) is 10.0 Å². The van der Waals surface area contributed by atoms with Crippen molar-refractivity contribution in [3.8, 4) is 0 Å². The van der Waals surface area contributed by atoms with E-state index in [9.17, 15) is 18.0 Å². The van der Waals surface area contributed by atoms with Gasteiger partial charge in [-0.2, -0.15) is 0 Å². The number of aliphatic hydroxyl groups excluding tert-OH is 1. The van der Waals surface area contributed by atoms with Crippen LogP contribution in [0.4, 0.5) is 4.79 Å². The summed E-state index contributed by atoms with van der Waals surface area (Å²) in [5.74, 6) is -1.72. The number of rotatable bonds is 7. The summed E-state index contributed by atoms with van der Waals surface area (Å²) in [7, 11) is -0.644. The van der Waals surface area contributed by atoms with Crippen LogP contribution in [0, 0.1) is 0 Å². The van der Waals surface area contributed by atoms with E-state index in [2.05, 4.69) is 10.6 Å². The van der Waals surface area contributed by atoms with E-state index in [1.165, 1.54) is 14.1 Å². The van der Waals surface area contributed by atoms with Gasteiger partial charge in [0.25, 0.3) is 0 Å². The van der Waals surface area contributed by atoms with Crippen molar-refractivity contribution in [3.63, 3.8) is 0 Å². The minimum absolute atomic E-state index is 0.116. The first-order valence-electron chi connectivity index (χ1n) is 4.99. The molecule has 0 aliphatic rings. The summed E-state index contributed by atoms with van der Waals surface area (Å²) in [4.78, 5) is 21.3. The van der Waals surface area contributed by atoms with Crippen molar-refractivity contribution >= 4 is 22.0 Å². The molecule has 0 aromatic rings. The van der Waals surface area contributed by atoms with E-state index < -0.39 is 34.7 Å². The van der Waals surface area contributed by atoms with Crippen LogP contribution in [0.3, 0.4) is 0 Å². The van der Waals surface area contributed by atoms with Crippen molar-refractivity contribution in [2.45, 2.75) is 6.10 Å². The molecule has 1 atom stereocenters. The first-order valence-corrected chi connectivity index (χ1v) is 6.60. The number of nitrogens with zero attached hydrogens (tertiary/aromatic N) is 1. The van der Waals surface area contributed by atoms with Crippen molar-refractivity contribution in [1.29, 1.82) is 0 Å². The van der Waals surface area contributed by atoms with Crippen molar-refractivity contribution in [2.24, 2.45) is 0 Å². The highest BCUT2D eigenvalue weighted by molar-refractivity contribution is 7.89. The van der Waals surface area contributed by atoms with E-state index in [-0.39, 0.29) is 12.3 Å². The summed E-state index contributed by atoms with van der Waals surface area (Å²) in [5, 5.41) is 21.5. The smallest absolute Gasteiger partial charge is 0.334 e. The number of carboxylic acid groups (broad SMARTS) is 1. The fourth-order valence-electron chi connectivity index (χ4n) is 0.815. The zero-order valence-electron chi connectivity index (χ0n) is 10.1. The highest BCUT2D eigenvalue weighted by Gasteiger charge is 2.15. The average Bonchev–Trinajstić information content (AvgIpc) is 2.25. The topological polar surface area (TPSA) is 136 Å². The molecular formula is C8H17N3O6S. The molecule has 0 aliphatic carbocycles. The van der Waals surface area contributed by atoms with E-state index in [1.807, 2.05) is 0 Å². The van der Waals surface area contributed by atoms with Crippen LogP contribution in [-0.4, -0.2) is 74.0 Å². The SMILES string of the molecule is CN(C)S(=O)(=O)CCNC(=O)NC[C@H](O)C(=O)O. The van der Waals surface area contributed by atoms with Crippen LogP contribution in [0.15, 0.2) is 0 Å². The van der Waals surface area contributed by atoms with Crippen molar-refractivity contribution in [2.75, 3.05) is 32.9 Å². The predicted octanol–water partition coefficient (Wildman–Crippen LogP) is -2.38. The number of carbonyl (C=O) groups is 2. The summed E-state index contributed by atoms with van der Waals surface area (Å²) in [6, 6.07) is -0.746. The minimum atomic E-state index is -3.39. The van der Waals surface area contributed by atoms with Gasteiger partial charge in [-0.15, -0.1) is 0 Å². The van der Waals surface area contributed by atoms with Gasteiger partial charge in [-0.05, 0) is 0 Å². The molecule has 0 bridgehead atoms. The fourth-order valence-corrected chi connectivity index (χ4v) is 1.54. The van der Waals surface area contributed by atoms with Gasteiger partial charge in [0.05, 0.1) is 12.3 Å². The molecule has 0 unspecified atom stereocenters.